The van der Waals surface area contributed by atoms with Gasteiger partial charge in [0.1, 0.15) is 17.2 Å². The minimum Gasteiger partial charge on any atom is -0.512 e. The first-order chi connectivity index (χ1) is 13.6. The van der Waals surface area contributed by atoms with E-state index in [0.29, 0.717) is 5.75 Å². The smallest absolute Gasteiger partial charge is 0.512 e. The molecule has 3 aromatic rings. The fourth-order valence-corrected chi connectivity index (χ4v) is 3.89. The van der Waals surface area contributed by atoms with Crippen LogP contribution < -0.4 is 14.1 Å². The largest absolute Gasteiger partial charge is 0.707 e. The number of ether oxygens (including phenoxy) is 2. The summed E-state index contributed by atoms with van der Waals surface area (Å²) in [5.41, 5.74) is 2.28. The van der Waals surface area contributed by atoms with E-state index in [1.165, 1.54) is 0 Å². The summed E-state index contributed by atoms with van der Waals surface area (Å²) in [7, 11) is 1.47. The molecular weight excluding hydrogens is 375 g/mol. The van der Waals surface area contributed by atoms with Gasteiger partial charge in [-0.2, -0.15) is 0 Å². The van der Waals surface area contributed by atoms with Gasteiger partial charge in [-0.1, -0.05) is 24.3 Å². The lowest BCUT2D eigenvalue weighted by Crippen LogP contribution is -2.20. The maximum Gasteiger partial charge on any atom is 0.707 e. The Morgan fingerprint density at radius 1 is 0.679 bits per heavy atom. The van der Waals surface area contributed by atoms with Crippen molar-refractivity contribution < 1.29 is 24.2 Å². The predicted molar refractivity (Wildman–Crippen MR) is 111 cm³/mol. The third-order valence-electron chi connectivity index (χ3n) is 4.16. The molecule has 7 heteroatoms. The van der Waals surface area contributed by atoms with Gasteiger partial charge in [0.15, 0.2) is 0 Å². The fourth-order valence-electron chi connectivity index (χ4n) is 2.74. The molecule has 0 heterocycles. The normalized spacial score (nSPS) is 10.6. The summed E-state index contributed by atoms with van der Waals surface area (Å²) >= 11 is 1.69. The van der Waals surface area contributed by atoms with Crippen molar-refractivity contribution in [1.82, 2.24) is 0 Å². The minimum absolute atomic E-state index is 0.0620. The van der Waals surface area contributed by atoms with Gasteiger partial charge in [0.25, 0.3) is 0 Å². The van der Waals surface area contributed by atoms with Gasteiger partial charge in [0, 0.05) is 4.90 Å². The molecule has 3 aromatic carbocycles. The monoisotopic (exact) mass is 396 g/mol. The zero-order chi connectivity index (χ0) is 19.9. The Labute approximate surface area is 169 Å². The van der Waals surface area contributed by atoms with Crippen molar-refractivity contribution in [2.75, 3.05) is 14.2 Å². The van der Waals surface area contributed by atoms with Crippen molar-refractivity contribution in [3.05, 3.63) is 83.9 Å². The molecule has 0 saturated heterocycles. The van der Waals surface area contributed by atoms with Gasteiger partial charge in [-0.15, -0.1) is 11.8 Å². The van der Waals surface area contributed by atoms with Crippen LogP contribution in [-0.4, -0.2) is 31.6 Å². The van der Waals surface area contributed by atoms with Crippen molar-refractivity contribution in [3.63, 3.8) is 0 Å². The summed E-state index contributed by atoms with van der Waals surface area (Å²) in [5.74, 6) is 2.02. The Kier molecular flexibility index (Phi) is 6.87. The van der Waals surface area contributed by atoms with E-state index in [1.807, 2.05) is 36.4 Å². The molecule has 0 fully saturated rings. The van der Waals surface area contributed by atoms with Crippen molar-refractivity contribution in [2.24, 2.45) is 0 Å². The summed E-state index contributed by atoms with van der Waals surface area (Å²) in [4.78, 5) is 1.02. The third kappa shape index (κ3) is 5.22. The van der Waals surface area contributed by atoms with Gasteiger partial charge < -0.3 is 24.2 Å². The topological polar surface area (TPSA) is 68.2 Å². The first-order valence-corrected chi connectivity index (χ1v) is 9.54. The Bertz CT molecular complexity index is 819. The first-order valence-electron chi connectivity index (χ1n) is 8.66. The summed E-state index contributed by atoms with van der Waals surface area (Å²) in [6.45, 7) is 0. The number of thioether (sulfide) groups is 1. The van der Waals surface area contributed by atoms with Crippen LogP contribution in [0, 0.1) is 0 Å². The molecule has 0 atom stereocenters. The lowest BCUT2D eigenvalue weighted by Gasteiger charge is -2.19. The van der Waals surface area contributed by atoms with Crippen LogP contribution in [0.25, 0.3) is 0 Å². The van der Waals surface area contributed by atoms with E-state index in [2.05, 4.69) is 24.3 Å². The number of methoxy groups -OCH3 is 2. The van der Waals surface area contributed by atoms with Gasteiger partial charge >= 0.3 is 7.32 Å². The quantitative estimate of drug-likeness (QED) is 0.444. The summed E-state index contributed by atoms with van der Waals surface area (Å²) in [5, 5.41) is 17.9. The Morgan fingerprint density at radius 3 is 1.50 bits per heavy atom. The van der Waals surface area contributed by atoms with E-state index in [4.69, 9.17) is 24.2 Å². The molecule has 0 amide bonds. The molecule has 2 N–H and O–H groups in total. The van der Waals surface area contributed by atoms with Crippen molar-refractivity contribution >= 4 is 19.1 Å². The van der Waals surface area contributed by atoms with Gasteiger partial charge in [0.2, 0.25) is 0 Å². The molecule has 0 aromatic heterocycles. The lowest BCUT2D eigenvalue weighted by atomic mass is 10.0. The van der Waals surface area contributed by atoms with Crippen LogP contribution in [0.3, 0.4) is 0 Å². The number of benzene rings is 3. The second-order valence-electron chi connectivity index (χ2n) is 5.96. The van der Waals surface area contributed by atoms with E-state index in [9.17, 15) is 0 Å². The van der Waals surface area contributed by atoms with E-state index in [-0.39, 0.29) is 5.25 Å². The molecule has 3 rings (SSSR count). The predicted octanol–water partition coefficient (Wildman–Crippen LogP) is 3.93. The molecule has 0 bridgehead atoms. The molecule has 0 radical (unpaired) electrons. The molecule has 28 heavy (non-hydrogen) atoms. The molecule has 0 aliphatic rings. The van der Waals surface area contributed by atoms with E-state index in [1.54, 1.807) is 38.1 Å². The average molecular weight is 396 g/mol. The average Bonchev–Trinajstić information content (AvgIpc) is 2.73. The zero-order valence-electron chi connectivity index (χ0n) is 15.6. The number of rotatable bonds is 8. The molecule has 144 valence electrons. The van der Waals surface area contributed by atoms with Gasteiger partial charge in [0.05, 0.1) is 19.5 Å². The second-order valence-corrected chi connectivity index (χ2v) is 7.14. The van der Waals surface area contributed by atoms with E-state index >= 15 is 0 Å². The van der Waals surface area contributed by atoms with Crippen molar-refractivity contribution in [3.8, 4) is 17.2 Å². The minimum atomic E-state index is -1.83. The molecule has 0 aliphatic carbocycles. The van der Waals surface area contributed by atoms with Crippen LogP contribution in [0.1, 0.15) is 16.4 Å². The molecule has 0 unspecified atom stereocenters. The standard InChI is InChI=1S/C21H21BO5S/c1-25-17-7-3-15(4-8-17)21(16-5-9-18(26-2)10-6-16)28-20-13-11-19(12-14-20)27-22(23)24/h3-14,21,23-24H,1-2H3. The lowest BCUT2D eigenvalue weighted by molar-refractivity contribution is 0.288. The highest BCUT2D eigenvalue weighted by atomic mass is 32.2. The highest BCUT2D eigenvalue weighted by molar-refractivity contribution is 7.99. The zero-order valence-corrected chi connectivity index (χ0v) is 16.4. The molecular formula is C21H21BO5S. The Morgan fingerprint density at radius 2 is 1.11 bits per heavy atom. The Hall–Kier alpha value is -2.61. The maximum atomic E-state index is 8.91. The van der Waals surface area contributed by atoms with Crippen LogP contribution >= 0.6 is 11.8 Å². The SMILES string of the molecule is COc1ccc(C(Sc2ccc(OB(O)O)cc2)c2ccc(OC)cc2)cc1. The van der Waals surface area contributed by atoms with Gasteiger partial charge in [-0.05, 0) is 59.7 Å². The first kappa shape index (κ1) is 20.1. The Balaban J connectivity index is 1.88. The highest BCUT2D eigenvalue weighted by Crippen LogP contribution is 2.41. The van der Waals surface area contributed by atoms with Gasteiger partial charge in [-0.25, -0.2) is 0 Å². The number of hydrogen-bond donors (Lipinski definition) is 2. The fraction of sp³-hybridized carbons (Fsp3) is 0.143. The summed E-state index contributed by atoms with van der Waals surface area (Å²) < 4.78 is 15.4. The van der Waals surface area contributed by atoms with Gasteiger partial charge in [-0.3, -0.25) is 0 Å². The van der Waals surface area contributed by atoms with E-state index in [0.717, 1.165) is 27.5 Å². The van der Waals surface area contributed by atoms with Crippen LogP contribution in [-0.2, 0) is 0 Å². The molecule has 0 aliphatic heterocycles. The third-order valence-corrected chi connectivity index (χ3v) is 5.48. The highest BCUT2D eigenvalue weighted by Gasteiger charge is 2.17. The molecule has 0 saturated carbocycles. The van der Waals surface area contributed by atoms with Crippen LogP contribution in [0.5, 0.6) is 17.2 Å². The summed E-state index contributed by atoms with van der Waals surface area (Å²) in [6.07, 6.45) is 0. The van der Waals surface area contributed by atoms with Crippen molar-refractivity contribution in [1.29, 1.82) is 0 Å². The second kappa shape index (κ2) is 9.55. The van der Waals surface area contributed by atoms with Crippen LogP contribution in [0.15, 0.2) is 77.7 Å². The van der Waals surface area contributed by atoms with Crippen LogP contribution in [0.2, 0.25) is 0 Å². The number of hydrogen-bond acceptors (Lipinski definition) is 6. The van der Waals surface area contributed by atoms with Crippen molar-refractivity contribution in [2.45, 2.75) is 10.1 Å². The summed E-state index contributed by atoms with van der Waals surface area (Å²) in [6, 6.07) is 23.2. The maximum absolute atomic E-state index is 8.91. The van der Waals surface area contributed by atoms with E-state index < -0.39 is 7.32 Å². The molecule has 0 spiro atoms. The molecule has 5 nitrogen and oxygen atoms in total. The van der Waals surface area contributed by atoms with Crippen LogP contribution in [0.4, 0.5) is 0 Å².